The van der Waals surface area contributed by atoms with Crippen LogP contribution in [-0.4, -0.2) is 5.91 Å². The number of carbonyl (C=O) groups is 1. The predicted octanol–water partition coefficient (Wildman–Crippen LogP) is 3.16. The molecule has 0 aliphatic carbocycles. The van der Waals surface area contributed by atoms with Gasteiger partial charge >= 0.3 is 0 Å². The van der Waals surface area contributed by atoms with E-state index in [-0.39, 0.29) is 12.1 Å². The molecule has 20 heavy (non-hydrogen) atoms. The molecule has 1 amide bonds. The average molecular weight is 287 g/mol. The van der Waals surface area contributed by atoms with Crippen LogP contribution in [0.15, 0.2) is 52.7 Å². The molecule has 0 spiro atoms. The second kappa shape index (κ2) is 6.60. The molecule has 0 aliphatic heterocycles. The minimum Gasteiger partial charge on any atom is -0.467 e. The third kappa shape index (κ3) is 3.50. The van der Waals surface area contributed by atoms with Gasteiger partial charge in [0, 0.05) is 5.02 Å². The first-order valence-electron chi connectivity index (χ1n) is 5.87. The first-order valence-corrected chi connectivity index (χ1v) is 6.25. The van der Waals surface area contributed by atoms with Crippen molar-refractivity contribution in [3.8, 4) is 6.07 Å². The monoisotopic (exact) mass is 286 g/mol. The summed E-state index contributed by atoms with van der Waals surface area (Å²) in [5, 5.41) is 12.2. The Labute approximate surface area is 121 Å². The lowest BCUT2D eigenvalue weighted by molar-refractivity contribution is -0.117. The van der Waals surface area contributed by atoms with Gasteiger partial charge in [-0.25, -0.2) is 0 Å². The zero-order chi connectivity index (χ0) is 14.4. The SMILES string of the molecule is N#C/C(=C/c1ccccc1Cl)C(=O)NCc1ccco1. The zero-order valence-corrected chi connectivity index (χ0v) is 11.2. The van der Waals surface area contributed by atoms with Crippen molar-refractivity contribution < 1.29 is 9.21 Å². The summed E-state index contributed by atoms with van der Waals surface area (Å²) in [6, 6.07) is 12.3. The van der Waals surface area contributed by atoms with Crippen LogP contribution in [0.4, 0.5) is 0 Å². The summed E-state index contributed by atoms with van der Waals surface area (Å²) in [4.78, 5) is 11.9. The number of furan rings is 1. The number of rotatable bonds is 4. The Kier molecular flexibility index (Phi) is 4.59. The van der Waals surface area contributed by atoms with Gasteiger partial charge in [0.1, 0.15) is 17.4 Å². The molecule has 0 radical (unpaired) electrons. The zero-order valence-electron chi connectivity index (χ0n) is 10.5. The van der Waals surface area contributed by atoms with Gasteiger partial charge in [-0.3, -0.25) is 4.79 Å². The molecule has 1 heterocycles. The number of halogens is 1. The van der Waals surface area contributed by atoms with E-state index in [1.807, 2.05) is 6.07 Å². The van der Waals surface area contributed by atoms with Crippen LogP contribution < -0.4 is 5.32 Å². The van der Waals surface area contributed by atoms with Crippen LogP contribution in [0.3, 0.4) is 0 Å². The highest BCUT2D eigenvalue weighted by Gasteiger charge is 2.10. The van der Waals surface area contributed by atoms with Crippen molar-refractivity contribution in [1.29, 1.82) is 5.26 Å². The Morgan fingerprint density at radius 2 is 2.15 bits per heavy atom. The Balaban J connectivity index is 2.10. The minimum atomic E-state index is -0.469. The lowest BCUT2D eigenvalue weighted by Crippen LogP contribution is -2.23. The summed E-state index contributed by atoms with van der Waals surface area (Å²) in [5.74, 6) is 0.150. The number of hydrogen-bond donors (Lipinski definition) is 1. The first-order chi connectivity index (χ1) is 9.70. The van der Waals surface area contributed by atoms with Crippen LogP contribution in [-0.2, 0) is 11.3 Å². The maximum atomic E-state index is 11.9. The summed E-state index contributed by atoms with van der Waals surface area (Å²) >= 11 is 5.99. The van der Waals surface area contributed by atoms with E-state index >= 15 is 0 Å². The largest absolute Gasteiger partial charge is 0.467 e. The summed E-state index contributed by atoms with van der Waals surface area (Å²) in [5.41, 5.74) is 0.614. The second-order valence-corrected chi connectivity index (χ2v) is 4.36. The van der Waals surface area contributed by atoms with Gasteiger partial charge in [0.2, 0.25) is 0 Å². The van der Waals surface area contributed by atoms with Crippen molar-refractivity contribution in [1.82, 2.24) is 5.32 Å². The predicted molar refractivity (Wildman–Crippen MR) is 75.6 cm³/mol. The highest BCUT2D eigenvalue weighted by atomic mass is 35.5. The third-order valence-corrected chi connectivity index (χ3v) is 2.92. The van der Waals surface area contributed by atoms with E-state index < -0.39 is 5.91 Å². The molecule has 0 atom stereocenters. The number of carbonyl (C=O) groups excluding carboxylic acids is 1. The fraction of sp³-hybridized carbons (Fsp3) is 0.0667. The van der Waals surface area contributed by atoms with Crippen LogP contribution in [0.25, 0.3) is 6.08 Å². The summed E-state index contributed by atoms with van der Waals surface area (Å²) in [6.45, 7) is 0.230. The van der Waals surface area contributed by atoms with E-state index in [2.05, 4.69) is 5.32 Å². The third-order valence-electron chi connectivity index (χ3n) is 2.57. The second-order valence-electron chi connectivity index (χ2n) is 3.95. The Bertz CT molecular complexity index is 669. The molecule has 1 aromatic carbocycles. The molecule has 0 aliphatic rings. The molecule has 2 aromatic rings. The fourth-order valence-corrected chi connectivity index (χ4v) is 1.76. The van der Waals surface area contributed by atoms with E-state index in [1.54, 1.807) is 36.4 Å². The molecule has 0 bridgehead atoms. The van der Waals surface area contributed by atoms with E-state index in [4.69, 9.17) is 21.3 Å². The topological polar surface area (TPSA) is 66.0 Å². The lowest BCUT2D eigenvalue weighted by atomic mass is 10.1. The van der Waals surface area contributed by atoms with Gasteiger partial charge < -0.3 is 9.73 Å². The normalized spacial score (nSPS) is 10.9. The van der Waals surface area contributed by atoms with E-state index in [0.717, 1.165) is 0 Å². The lowest BCUT2D eigenvalue weighted by Gasteiger charge is -2.03. The highest BCUT2D eigenvalue weighted by Crippen LogP contribution is 2.18. The van der Waals surface area contributed by atoms with Gasteiger partial charge in [-0.15, -0.1) is 0 Å². The molecule has 0 saturated carbocycles. The van der Waals surface area contributed by atoms with Gasteiger partial charge in [-0.2, -0.15) is 5.26 Å². The number of nitriles is 1. The summed E-state index contributed by atoms with van der Waals surface area (Å²) < 4.78 is 5.10. The molecule has 0 fully saturated rings. The van der Waals surface area contributed by atoms with Gasteiger partial charge in [0.05, 0.1) is 12.8 Å². The molecular formula is C15H11ClN2O2. The van der Waals surface area contributed by atoms with Crippen molar-refractivity contribution >= 4 is 23.6 Å². The summed E-state index contributed by atoms with van der Waals surface area (Å²) in [7, 11) is 0. The Hall–Kier alpha value is -2.51. The van der Waals surface area contributed by atoms with Crippen LogP contribution in [0.5, 0.6) is 0 Å². The smallest absolute Gasteiger partial charge is 0.262 e. The van der Waals surface area contributed by atoms with Crippen molar-refractivity contribution in [3.63, 3.8) is 0 Å². The Morgan fingerprint density at radius 3 is 2.80 bits per heavy atom. The quantitative estimate of drug-likeness (QED) is 0.693. The number of hydrogen-bond acceptors (Lipinski definition) is 3. The number of amides is 1. The summed E-state index contributed by atoms with van der Waals surface area (Å²) in [6.07, 6.45) is 2.98. The molecular weight excluding hydrogens is 276 g/mol. The Morgan fingerprint density at radius 1 is 1.35 bits per heavy atom. The van der Waals surface area contributed by atoms with E-state index in [0.29, 0.717) is 16.3 Å². The average Bonchev–Trinajstić information content (AvgIpc) is 2.97. The van der Waals surface area contributed by atoms with Crippen molar-refractivity contribution in [3.05, 3.63) is 64.6 Å². The first kappa shape index (κ1) is 13.9. The maximum absolute atomic E-state index is 11.9. The van der Waals surface area contributed by atoms with Gasteiger partial charge in [0.25, 0.3) is 5.91 Å². The fourth-order valence-electron chi connectivity index (χ4n) is 1.57. The molecule has 0 saturated heterocycles. The molecule has 1 N–H and O–H groups in total. The number of nitrogens with one attached hydrogen (secondary N) is 1. The van der Waals surface area contributed by atoms with Gasteiger partial charge in [-0.1, -0.05) is 29.8 Å². The molecule has 0 unspecified atom stereocenters. The van der Waals surface area contributed by atoms with E-state index in [1.165, 1.54) is 12.3 Å². The number of nitrogens with zero attached hydrogens (tertiary/aromatic N) is 1. The molecule has 100 valence electrons. The van der Waals surface area contributed by atoms with Crippen LogP contribution in [0, 0.1) is 11.3 Å². The van der Waals surface area contributed by atoms with Crippen LogP contribution >= 0.6 is 11.6 Å². The van der Waals surface area contributed by atoms with Crippen molar-refractivity contribution in [2.24, 2.45) is 0 Å². The molecule has 4 nitrogen and oxygen atoms in total. The standard InChI is InChI=1S/C15H11ClN2O2/c16-14-6-2-1-4-11(14)8-12(9-17)15(19)18-10-13-5-3-7-20-13/h1-8H,10H2,(H,18,19)/b12-8-. The molecule has 2 rings (SSSR count). The molecule has 5 heteroatoms. The maximum Gasteiger partial charge on any atom is 0.262 e. The molecule has 1 aromatic heterocycles. The van der Waals surface area contributed by atoms with Crippen molar-refractivity contribution in [2.45, 2.75) is 6.54 Å². The van der Waals surface area contributed by atoms with Gasteiger partial charge in [-0.05, 0) is 29.8 Å². The minimum absolute atomic E-state index is 0.00958. The van der Waals surface area contributed by atoms with Gasteiger partial charge in [0.15, 0.2) is 0 Å². The van der Waals surface area contributed by atoms with Crippen molar-refractivity contribution in [2.75, 3.05) is 0 Å². The number of benzene rings is 1. The van der Waals surface area contributed by atoms with E-state index in [9.17, 15) is 4.79 Å². The van der Waals surface area contributed by atoms with Crippen LogP contribution in [0.1, 0.15) is 11.3 Å². The van der Waals surface area contributed by atoms with Crippen LogP contribution in [0.2, 0.25) is 5.02 Å². The highest BCUT2D eigenvalue weighted by molar-refractivity contribution is 6.32.